The molecule has 0 aliphatic rings. The standard InChI is InChI=1S/2C4H9.2ClH.Li.Mg.H/c2*1-3-4-2;;;;;/h2*3H,4H2,1-2H3;2*1H;;;. The van der Waals surface area contributed by atoms with Gasteiger partial charge < -0.3 is 0 Å². The van der Waals surface area contributed by atoms with Crippen LogP contribution in [0.5, 0.6) is 0 Å². The fraction of sp³-hybridized carbons (Fsp3) is 1.00. The second-order valence-electron chi connectivity index (χ2n) is 3.26. The van der Waals surface area contributed by atoms with Gasteiger partial charge in [-0.25, -0.2) is 0 Å². The minimum atomic E-state index is 0. The second kappa shape index (κ2) is 15.4. The van der Waals surface area contributed by atoms with Gasteiger partial charge >= 0.3 is 39.2 Å². The Morgan fingerprint density at radius 2 is 1.17 bits per heavy atom. The van der Waals surface area contributed by atoms with Crippen LogP contribution in [-0.4, -0.2) is 39.2 Å². The van der Waals surface area contributed by atoms with Crippen LogP contribution >= 0.6 is 24.8 Å². The first kappa shape index (κ1) is 23.6. The molecule has 0 radical (unpaired) electrons. The normalized spacial score (nSPS) is 12.3. The molecule has 0 aliphatic carbocycles. The van der Waals surface area contributed by atoms with E-state index in [0.29, 0.717) is 0 Å². The molecule has 2 atom stereocenters. The molecule has 4 heteroatoms. The SMILES string of the molecule is CC[CH](C)[Mg][CH](C)CC.Cl.Cl.[LiH]. The zero-order valence-corrected chi connectivity index (χ0v) is 11.1. The summed E-state index contributed by atoms with van der Waals surface area (Å²) in [6, 6.07) is 0. The van der Waals surface area contributed by atoms with Crippen LogP contribution in [-0.2, 0) is 0 Å². The molecule has 12 heavy (non-hydrogen) atoms. The van der Waals surface area contributed by atoms with E-state index >= 15 is 0 Å². The average Bonchev–Trinajstić information content (AvgIpc) is 1.87. The van der Waals surface area contributed by atoms with Crippen molar-refractivity contribution < 1.29 is 0 Å². The predicted octanol–water partition coefficient (Wildman–Crippen LogP) is 3.32. The van der Waals surface area contributed by atoms with Crippen molar-refractivity contribution in [2.75, 3.05) is 0 Å². The van der Waals surface area contributed by atoms with Crippen LogP contribution in [0.4, 0.5) is 0 Å². The molecule has 0 nitrogen and oxygen atoms in total. The van der Waals surface area contributed by atoms with Gasteiger partial charge in [0.1, 0.15) is 0 Å². The summed E-state index contributed by atoms with van der Waals surface area (Å²) < 4.78 is 2.14. The van der Waals surface area contributed by atoms with Crippen LogP contribution in [0.3, 0.4) is 0 Å². The third kappa shape index (κ3) is 14.5. The summed E-state index contributed by atoms with van der Waals surface area (Å²) in [5, 5.41) is 0. The molecule has 0 rings (SSSR count). The zero-order chi connectivity index (χ0) is 7.28. The molecule has 0 saturated heterocycles. The molecule has 0 aromatic carbocycles. The van der Waals surface area contributed by atoms with Crippen LogP contribution in [0.25, 0.3) is 0 Å². The molecule has 0 aromatic rings. The van der Waals surface area contributed by atoms with Crippen molar-refractivity contribution in [3.8, 4) is 0 Å². The molecule has 0 bridgehead atoms. The average molecular weight is 219 g/mol. The fourth-order valence-electron chi connectivity index (χ4n) is 1.02. The first-order valence-corrected chi connectivity index (χ1v) is 5.83. The molecular weight excluding hydrogens is 198 g/mol. The van der Waals surface area contributed by atoms with Gasteiger partial charge in [0.25, 0.3) is 0 Å². The van der Waals surface area contributed by atoms with Gasteiger partial charge in [-0.15, -0.1) is 32.9 Å². The number of hydrogen-bond donors (Lipinski definition) is 0. The van der Waals surface area contributed by atoms with Gasteiger partial charge in [-0.1, -0.05) is 40.5 Å². The Morgan fingerprint density at radius 1 is 0.917 bits per heavy atom. The molecule has 0 heterocycles. The predicted molar refractivity (Wildman–Crippen MR) is 66.8 cm³/mol. The van der Waals surface area contributed by atoms with Gasteiger partial charge in [-0.3, -0.25) is 0 Å². The molecule has 0 saturated carbocycles. The molecule has 70 valence electrons. The Balaban J connectivity index is -0.000000107. The van der Waals surface area contributed by atoms with Crippen molar-refractivity contribution in [2.24, 2.45) is 0 Å². The van der Waals surface area contributed by atoms with Crippen LogP contribution in [0, 0.1) is 0 Å². The summed E-state index contributed by atoms with van der Waals surface area (Å²) in [5.74, 6) is 0. The van der Waals surface area contributed by atoms with Gasteiger partial charge in [0.15, 0.2) is 0 Å². The first-order chi connectivity index (χ1) is 4.20. The zero-order valence-electron chi connectivity index (χ0n) is 8.09. The summed E-state index contributed by atoms with van der Waals surface area (Å²) in [6.07, 6.45) is 2.80. The molecule has 2 unspecified atom stereocenters. The van der Waals surface area contributed by atoms with E-state index in [1.807, 2.05) is 0 Å². The van der Waals surface area contributed by atoms with Crippen LogP contribution in [0.15, 0.2) is 0 Å². The Bertz CT molecular complexity index is 66.1. The molecule has 0 N–H and O–H groups in total. The summed E-state index contributed by atoms with van der Waals surface area (Å²) in [7, 11) is 0. The number of hydrogen-bond acceptors (Lipinski definition) is 0. The summed E-state index contributed by atoms with van der Waals surface area (Å²) >= 11 is 0.260. The van der Waals surface area contributed by atoms with E-state index in [4.69, 9.17) is 0 Å². The molecule has 0 fully saturated rings. The van der Waals surface area contributed by atoms with Gasteiger partial charge in [-0.05, 0) is 0 Å². The van der Waals surface area contributed by atoms with E-state index in [1.54, 1.807) is 0 Å². The van der Waals surface area contributed by atoms with Gasteiger partial charge in [-0.2, -0.15) is 0 Å². The quantitative estimate of drug-likeness (QED) is 0.636. The van der Waals surface area contributed by atoms with E-state index < -0.39 is 0 Å². The molecule has 0 aliphatic heterocycles. The summed E-state index contributed by atoms with van der Waals surface area (Å²) in [5.41, 5.74) is 0. The van der Waals surface area contributed by atoms with Crippen LogP contribution < -0.4 is 0 Å². The van der Waals surface area contributed by atoms with E-state index in [2.05, 4.69) is 27.7 Å². The van der Waals surface area contributed by atoms with E-state index in [-0.39, 0.29) is 64.0 Å². The Labute approximate surface area is 112 Å². The first-order valence-electron chi connectivity index (χ1n) is 4.20. The van der Waals surface area contributed by atoms with Crippen molar-refractivity contribution in [1.29, 1.82) is 0 Å². The van der Waals surface area contributed by atoms with Crippen LogP contribution in [0.2, 0.25) is 8.09 Å². The van der Waals surface area contributed by atoms with Gasteiger partial charge in [0.05, 0.1) is 0 Å². The fourth-order valence-corrected chi connectivity index (χ4v) is 3.06. The molecule has 0 spiro atoms. The third-order valence-corrected chi connectivity index (χ3v) is 4.96. The third-order valence-electron chi connectivity index (χ3n) is 2.20. The summed E-state index contributed by atoms with van der Waals surface area (Å²) in [6.45, 7) is 9.41. The van der Waals surface area contributed by atoms with Crippen molar-refractivity contribution in [3.63, 3.8) is 0 Å². The van der Waals surface area contributed by atoms with E-state index in [0.717, 1.165) is 8.09 Å². The Morgan fingerprint density at radius 3 is 1.33 bits per heavy atom. The van der Waals surface area contributed by atoms with Crippen molar-refractivity contribution in [2.45, 2.75) is 48.6 Å². The maximum atomic E-state index is 2.40. The minimum absolute atomic E-state index is 0. The van der Waals surface area contributed by atoms with Crippen molar-refractivity contribution in [3.05, 3.63) is 0 Å². The number of rotatable bonds is 4. The Kier molecular flexibility index (Phi) is 30.4. The van der Waals surface area contributed by atoms with E-state index in [1.165, 1.54) is 12.8 Å². The number of halogens is 2. The van der Waals surface area contributed by atoms with Gasteiger partial charge in [0, 0.05) is 0 Å². The molecular formula is C8H21Cl2LiMg. The van der Waals surface area contributed by atoms with Crippen molar-refractivity contribution >= 4 is 64.0 Å². The summed E-state index contributed by atoms with van der Waals surface area (Å²) in [4.78, 5) is 0. The monoisotopic (exact) mass is 218 g/mol. The van der Waals surface area contributed by atoms with Gasteiger partial charge in [0.2, 0.25) is 0 Å². The van der Waals surface area contributed by atoms with Crippen molar-refractivity contribution in [1.82, 2.24) is 0 Å². The van der Waals surface area contributed by atoms with Crippen LogP contribution in [0.1, 0.15) is 40.5 Å². The maximum absolute atomic E-state index is 2.40. The topological polar surface area (TPSA) is 0 Å². The second-order valence-corrected chi connectivity index (χ2v) is 6.52. The molecule has 0 amide bonds. The molecule has 0 aromatic heterocycles. The van der Waals surface area contributed by atoms with E-state index in [9.17, 15) is 0 Å². The Hall–Kier alpha value is 1.94.